The van der Waals surface area contributed by atoms with Crippen molar-refractivity contribution in [1.29, 1.82) is 0 Å². The van der Waals surface area contributed by atoms with Crippen LogP contribution in [0.4, 0.5) is 14.0 Å². The van der Waals surface area contributed by atoms with Gasteiger partial charge in [0.25, 0.3) is 0 Å². The number of amides is 2. The third-order valence-corrected chi connectivity index (χ3v) is 14.5. The van der Waals surface area contributed by atoms with Crippen LogP contribution in [0.5, 0.6) is 11.5 Å². The van der Waals surface area contributed by atoms with Gasteiger partial charge < -0.3 is 44.1 Å². The maximum absolute atomic E-state index is 15.0. The second kappa shape index (κ2) is 30.5. The molecule has 14 heteroatoms. The van der Waals surface area contributed by atoms with Crippen LogP contribution in [0.25, 0.3) is 0 Å². The average molecular weight is 1040 g/mol. The number of carbonyl (C=O) groups excluding carboxylic acids is 2. The Kier molecular flexibility index (Phi) is 23.9. The summed E-state index contributed by atoms with van der Waals surface area (Å²) in [4.78, 5) is 36.3. The van der Waals surface area contributed by atoms with Crippen LogP contribution in [0.1, 0.15) is 159 Å². The lowest BCUT2D eigenvalue weighted by atomic mass is 9.55. The Labute approximate surface area is 446 Å². The first-order valence-electron chi connectivity index (χ1n) is 27.9. The van der Waals surface area contributed by atoms with E-state index in [-0.39, 0.29) is 63.8 Å². The Hall–Kier alpha value is -5.28. The maximum Gasteiger partial charge on any atom is 0.412 e. The summed E-state index contributed by atoms with van der Waals surface area (Å²) in [5.41, 5.74) is 3.23. The van der Waals surface area contributed by atoms with Crippen LogP contribution in [-0.4, -0.2) is 90.0 Å². The number of ether oxygens (including phenoxy) is 5. The van der Waals surface area contributed by atoms with Crippen LogP contribution in [0, 0.1) is 23.6 Å². The molecule has 3 N–H and O–H groups in total. The molecule has 6 rings (SSSR count). The number of hydrogen-bond acceptors (Lipinski definition) is 11. The first-order valence-corrected chi connectivity index (χ1v) is 27.9. The zero-order valence-corrected chi connectivity index (χ0v) is 45.3. The quantitative estimate of drug-likeness (QED) is 0.0312. The Balaban J connectivity index is 1.40. The van der Waals surface area contributed by atoms with Gasteiger partial charge in [0.15, 0.2) is 0 Å². The predicted octanol–water partition coefficient (Wildman–Crippen LogP) is 13.1. The molecule has 2 amide bonds. The maximum atomic E-state index is 15.0. The van der Waals surface area contributed by atoms with E-state index in [9.17, 15) is 24.2 Å². The van der Waals surface area contributed by atoms with Crippen molar-refractivity contribution in [2.24, 2.45) is 22.9 Å². The van der Waals surface area contributed by atoms with Crippen LogP contribution in [-0.2, 0) is 32.2 Å². The molecular formula is C61H86FN3O10. The third kappa shape index (κ3) is 17.4. The molecule has 0 aromatic heterocycles. The van der Waals surface area contributed by atoms with E-state index < -0.39 is 41.4 Å². The molecule has 75 heavy (non-hydrogen) atoms. The molecule has 3 aromatic carbocycles. The van der Waals surface area contributed by atoms with E-state index in [4.69, 9.17) is 33.7 Å². The molecule has 0 radical (unpaired) electrons. The molecule has 2 aliphatic carbocycles. The molecule has 1 heterocycles. The Morgan fingerprint density at radius 1 is 0.867 bits per heavy atom. The second-order valence-corrected chi connectivity index (χ2v) is 21.4. The Morgan fingerprint density at radius 2 is 1.56 bits per heavy atom. The number of benzene rings is 3. The summed E-state index contributed by atoms with van der Waals surface area (Å²) in [6.45, 7) is 13.1. The van der Waals surface area contributed by atoms with Crippen LogP contribution in [0.15, 0.2) is 102 Å². The van der Waals surface area contributed by atoms with E-state index in [2.05, 4.69) is 24.9 Å². The smallest absolute Gasteiger partial charge is 0.412 e. The lowest BCUT2D eigenvalue weighted by molar-refractivity contribution is -0.256. The number of allylic oxidation sites excluding steroid dienone is 1. The molecule has 412 valence electrons. The molecule has 3 aromatic rings. The van der Waals surface area contributed by atoms with Gasteiger partial charge in [-0.3, -0.25) is 4.90 Å². The van der Waals surface area contributed by atoms with E-state index in [1.807, 2.05) is 63.2 Å². The Morgan fingerprint density at radius 3 is 2.24 bits per heavy atom. The van der Waals surface area contributed by atoms with Crippen molar-refractivity contribution in [3.8, 4) is 11.5 Å². The van der Waals surface area contributed by atoms with Gasteiger partial charge >= 0.3 is 12.2 Å². The van der Waals surface area contributed by atoms with Gasteiger partial charge in [-0.05, 0) is 112 Å². The number of carbonyl (C=O) groups is 2. The van der Waals surface area contributed by atoms with Crippen LogP contribution in [0.3, 0.4) is 0 Å². The van der Waals surface area contributed by atoms with Gasteiger partial charge in [0, 0.05) is 44.2 Å². The number of aliphatic hydroxyl groups excluding tert-OH is 2. The topological polar surface area (TPSA) is 158 Å². The summed E-state index contributed by atoms with van der Waals surface area (Å²) in [5.74, 6) is -2.23. The highest BCUT2D eigenvalue weighted by Gasteiger charge is 2.66. The van der Waals surface area contributed by atoms with Crippen LogP contribution in [0.2, 0.25) is 0 Å². The predicted molar refractivity (Wildman–Crippen MR) is 291 cm³/mol. The molecule has 0 unspecified atom stereocenters. The molecule has 0 saturated heterocycles. The zero-order valence-electron chi connectivity index (χ0n) is 45.3. The number of hydrogen-bond donors (Lipinski definition) is 3. The molecule has 0 spiro atoms. The largest absolute Gasteiger partial charge is 0.459 e. The Bertz CT molecular complexity index is 2270. The standard InChI is InChI=1S/C61H86FN3O10/c1-6-8-9-10-11-12-13-14-15-21-34-63-58(68)73-49-32-33-54-52(41-49)56-50(27-20-23-36-67)47(26-19-22-35-66)40-51-53(64-75-60(3,4)5)42-55(61(74-54,57(51)56)72-37-7-2)65(43-45-28-30-48(62)31-29-45)59(69)71-39-38-70-44-46-24-17-16-18-25-46/h7,16-18,24-25,28-33,40-41,47,50,55-57,66-67H,2,6,8-15,19-23,26-27,34-39,42-44H2,1,3-5H3,(H,63,68)/t47-,50+,55-,56+,57+,61+/m0/s1. The fraction of sp³-hybridized carbons (Fsp3) is 0.590. The average Bonchev–Trinajstić information content (AvgIpc) is 3.44. The lowest BCUT2D eigenvalue weighted by Crippen LogP contribution is -2.70. The minimum Gasteiger partial charge on any atom is -0.459 e. The summed E-state index contributed by atoms with van der Waals surface area (Å²) in [6, 6.07) is 20.3. The van der Waals surface area contributed by atoms with Gasteiger partial charge in [-0.25, -0.2) is 14.0 Å². The minimum absolute atomic E-state index is 0.00135. The van der Waals surface area contributed by atoms with E-state index >= 15 is 0 Å². The van der Waals surface area contributed by atoms with Gasteiger partial charge in [-0.2, -0.15) is 0 Å². The fourth-order valence-corrected chi connectivity index (χ4v) is 11.0. The molecular weight excluding hydrogens is 954 g/mol. The number of halogens is 1. The number of nitrogens with zero attached hydrogens (tertiary/aromatic N) is 2. The van der Waals surface area contributed by atoms with Crippen molar-refractivity contribution in [2.75, 3.05) is 39.6 Å². The normalized spacial score (nSPS) is 21.3. The number of rotatable bonds is 32. The van der Waals surface area contributed by atoms with E-state index in [0.717, 1.165) is 61.6 Å². The van der Waals surface area contributed by atoms with Gasteiger partial charge in [-0.1, -0.05) is 137 Å². The van der Waals surface area contributed by atoms with Crippen molar-refractivity contribution in [3.05, 3.63) is 120 Å². The number of unbranched alkanes of at least 4 members (excludes halogenated alkanes) is 11. The van der Waals surface area contributed by atoms with Crippen molar-refractivity contribution in [2.45, 2.75) is 173 Å². The zero-order chi connectivity index (χ0) is 53.5. The number of aliphatic hydroxyl groups is 2. The number of fused-ring (bicyclic) bond motifs is 2. The summed E-state index contributed by atoms with van der Waals surface area (Å²) >= 11 is 0. The molecule has 3 aliphatic rings. The molecule has 6 atom stereocenters. The molecule has 1 aliphatic heterocycles. The highest BCUT2D eigenvalue weighted by molar-refractivity contribution is 6.03. The summed E-state index contributed by atoms with van der Waals surface area (Å²) in [7, 11) is 0. The first-order chi connectivity index (χ1) is 36.4. The number of nitrogens with one attached hydrogen (secondary N) is 1. The highest BCUT2D eigenvalue weighted by Crippen LogP contribution is 2.62. The fourth-order valence-electron chi connectivity index (χ4n) is 11.0. The summed E-state index contributed by atoms with van der Waals surface area (Å²) in [5, 5.41) is 28.0. The monoisotopic (exact) mass is 1040 g/mol. The van der Waals surface area contributed by atoms with E-state index in [0.29, 0.717) is 48.8 Å². The van der Waals surface area contributed by atoms with E-state index in [1.165, 1.54) is 57.1 Å². The van der Waals surface area contributed by atoms with Gasteiger partial charge in [-0.15, -0.1) is 6.58 Å². The summed E-state index contributed by atoms with van der Waals surface area (Å²) in [6.07, 6.45) is 19.0. The second-order valence-electron chi connectivity index (χ2n) is 21.4. The summed E-state index contributed by atoms with van der Waals surface area (Å²) < 4.78 is 47.1. The molecule has 0 bridgehead atoms. The van der Waals surface area contributed by atoms with Crippen molar-refractivity contribution >= 4 is 17.9 Å². The third-order valence-electron chi connectivity index (χ3n) is 14.5. The van der Waals surface area contributed by atoms with Gasteiger partial charge in [0.1, 0.15) is 35.6 Å². The first kappa shape index (κ1) is 59.0. The van der Waals surface area contributed by atoms with Gasteiger partial charge in [0.05, 0.1) is 31.5 Å². The highest BCUT2D eigenvalue weighted by atomic mass is 19.1. The van der Waals surface area contributed by atoms with Crippen molar-refractivity contribution in [1.82, 2.24) is 10.2 Å². The molecule has 1 fully saturated rings. The molecule has 1 saturated carbocycles. The van der Waals surface area contributed by atoms with Crippen molar-refractivity contribution in [3.63, 3.8) is 0 Å². The van der Waals surface area contributed by atoms with Gasteiger partial charge in [0.2, 0.25) is 5.79 Å². The van der Waals surface area contributed by atoms with E-state index in [1.54, 1.807) is 29.2 Å². The van der Waals surface area contributed by atoms with Crippen molar-refractivity contribution < 1.29 is 52.7 Å². The minimum atomic E-state index is -1.60. The SMILES string of the molecule is C=CCO[C@@]12Oc3ccc(OC(=O)NCCCCCCCCCCCC)cc3[C@H]3[C@H](CCCCO)[C@@H](CCCCO)C=C(C(=NOC(C)(C)C)C[C@@H]1N(Cc1ccc(F)cc1)C(=O)OCCOCc1ccccc1)[C@H]32. The lowest BCUT2D eigenvalue weighted by Gasteiger charge is -2.60. The number of oxime groups is 1. The molecule has 13 nitrogen and oxygen atoms in total. The van der Waals surface area contributed by atoms with Crippen LogP contribution < -0.4 is 14.8 Å². The van der Waals surface area contributed by atoms with Crippen LogP contribution >= 0.6 is 0 Å².